The molecular weight excluding hydrogens is 334 g/mol. The average Bonchev–Trinajstić information content (AvgIpc) is 2.57. The summed E-state index contributed by atoms with van der Waals surface area (Å²) < 4.78 is 7.28. The molecule has 0 amide bonds. The molecule has 2 aromatic rings. The van der Waals surface area contributed by atoms with Crippen LogP contribution < -0.4 is 15.4 Å². The summed E-state index contributed by atoms with van der Waals surface area (Å²) in [5.41, 5.74) is 8.52. The van der Waals surface area contributed by atoms with E-state index in [1.807, 2.05) is 42.3 Å². The topological polar surface area (TPSA) is 67.0 Å². The molecule has 25 heavy (non-hydrogen) atoms. The Labute approximate surface area is 152 Å². The van der Waals surface area contributed by atoms with Gasteiger partial charge >= 0.3 is 0 Å². The number of nitrogens with two attached hydrogens (primary N) is 1. The third-order valence-corrected chi connectivity index (χ3v) is 4.93. The lowest BCUT2D eigenvalue weighted by Gasteiger charge is -2.40. The normalized spacial score (nSPS) is 15.0. The van der Waals surface area contributed by atoms with E-state index in [0.29, 0.717) is 10.9 Å². The smallest absolute Gasteiger partial charge is 0.130 e. The van der Waals surface area contributed by atoms with E-state index in [2.05, 4.69) is 33.3 Å². The number of aliphatic imine (C=N–C) groups is 1. The quantitative estimate of drug-likeness (QED) is 0.633. The van der Waals surface area contributed by atoms with Crippen LogP contribution in [0.5, 0.6) is 5.75 Å². The number of hydrogen-bond donors (Lipinski definition) is 1. The molecule has 0 saturated carbocycles. The Kier molecular flexibility index (Phi) is 5.45. The van der Waals surface area contributed by atoms with Crippen molar-refractivity contribution in [1.29, 1.82) is 0 Å². The lowest BCUT2D eigenvalue weighted by atomic mass is 10.2. The van der Waals surface area contributed by atoms with Gasteiger partial charge in [0.2, 0.25) is 0 Å². The van der Waals surface area contributed by atoms with E-state index in [0.717, 1.165) is 35.9 Å². The molecule has 132 valence electrons. The van der Waals surface area contributed by atoms with E-state index in [1.54, 1.807) is 19.5 Å². The number of hydrogen-bond acceptors (Lipinski definition) is 7. The number of nitrogen functional groups attached to an aromatic ring is 1. The van der Waals surface area contributed by atoms with Crippen LogP contribution in [0.3, 0.4) is 0 Å². The Bertz CT molecular complexity index is 742. The van der Waals surface area contributed by atoms with Crippen LogP contribution in [-0.2, 0) is 0 Å². The molecular formula is C18H23N5OS. The van der Waals surface area contributed by atoms with Crippen molar-refractivity contribution in [3.8, 4) is 5.75 Å². The predicted molar refractivity (Wildman–Crippen MR) is 106 cm³/mol. The molecule has 0 aliphatic carbocycles. The second kappa shape index (κ2) is 7.76. The first-order valence-corrected chi connectivity index (χ1v) is 8.91. The van der Waals surface area contributed by atoms with E-state index in [9.17, 15) is 0 Å². The van der Waals surface area contributed by atoms with Crippen LogP contribution in [0, 0.1) is 0 Å². The average molecular weight is 357 g/mol. The fraction of sp³-hybridized carbons (Fsp3) is 0.333. The van der Waals surface area contributed by atoms with Crippen LogP contribution in [0.1, 0.15) is 5.56 Å². The number of methoxy groups -OCH3 is 1. The molecule has 6 nitrogen and oxygen atoms in total. The van der Waals surface area contributed by atoms with Gasteiger partial charge in [0, 0.05) is 42.8 Å². The molecule has 1 saturated heterocycles. The number of pyridine rings is 1. The van der Waals surface area contributed by atoms with Crippen molar-refractivity contribution in [3.05, 3.63) is 42.1 Å². The molecule has 0 bridgehead atoms. The zero-order valence-corrected chi connectivity index (χ0v) is 15.5. The maximum Gasteiger partial charge on any atom is 0.130 e. The number of anilines is 2. The highest BCUT2D eigenvalue weighted by Gasteiger charge is 2.29. The van der Waals surface area contributed by atoms with Crippen LogP contribution >= 0.6 is 11.9 Å². The minimum absolute atomic E-state index is 0.620. The minimum atomic E-state index is 0.620. The van der Waals surface area contributed by atoms with Crippen molar-refractivity contribution < 1.29 is 4.74 Å². The molecule has 0 spiro atoms. The molecule has 1 fully saturated rings. The molecule has 0 unspecified atom stereocenters. The number of nitrogens with zero attached hydrogens (tertiary/aromatic N) is 4. The van der Waals surface area contributed by atoms with Crippen LogP contribution in [0.4, 0.5) is 17.2 Å². The second-order valence-corrected chi connectivity index (χ2v) is 7.68. The summed E-state index contributed by atoms with van der Waals surface area (Å²) in [4.78, 5) is 11.2. The minimum Gasteiger partial charge on any atom is -0.497 e. The van der Waals surface area contributed by atoms with Gasteiger partial charge in [-0.15, -0.1) is 0 Å². The van der Waals surface area contributed by atoms with Gasteiger partial charge in [-0.2, -0.15) is 0 Å². The number of ether oxygens (including phenoxy) is 1. The Hall–Kier alpha value is -2.25. The number of benzene rings is 1. The van der Waals surface area contributed by atoms with Gasteiger partial charge in [0.1, 0.15) is 11.6 Å². The Morgan fingerprint density at radius 3 is 2.64 bits per heavy atom. The first kappa shape index (κ1) is 17.6. The first-order valence-electron chi connectivity index (χ1n) is 8.08. The molecule has 2 heterocycles. The molecule has 7 heteroatoms. The third-order valence-electron chi connectivity index (χ3n) is 3.91. The van der Waals surface area contributed by atoms with E-state index in [1.165, 1.54) is 0 Å². The fourth-order valence-electron chi connectivity index (χ4n) is 2.55. The Balaban J connectivity index is 1.63. The van der Waals surface area contributed by atoms with E-state index in [4.69, 9.17) is 10.5 Å². The molecule has 1 aliphatic rings. The van der Waals surface area contributed by atoms with Gasteiger partial charge in [-0.25, -0.2) is 4.98 Å². The SMILES string of the molecule is COc1ccc(N=Cc2cnc(N3CC(SN(C)C)C3)cc2N)cc1. The van der Waals surface area contributed by atoms with Gasteiger partial charge in [-0.05, 0) is 38.4 Å². The van der Waals surface area contributed by atoms with Gasteiger partial charge in [-0.1, -0.05) is 11.9 Å². The number of aromatic nitrogens is 1. The van der Waals surface area contributed by atoms with Gasteiger partial charge in [0.05, 0.1) is 18.0 Å². The molecule has 3 rings (SSSR count). The summed E-state index contributed by atoms with van der Waals surface area (Å²) >= 11 is 1.86. The highest BCUT2D eigenvalue weighted by molar-refractivity contribution is 7.97. The lowest BCUT2D eigenvalue weighted by Crippen LogP contribution is -2.50. The van der Waals surface area contributed by atoms with Crippen molar-refractivity contribution in [1.82, 2.24) is 9.29 Å². The van der Waals surface area contributed by atoms with E-state index >= 15 is 0 Å². The Morgan fingerprint density at radius 2 is 2.04 bits per heavy atom. The van der Waals surface area contributed by atoms with Crippen molar-refractivity contribution in [2.45, 2.75) is 5.25 Å². The molecule has 1 aromatic carbocycles. The van der Waals surface area contributed by atoms with Gasteiger partial charge < -0.3 is 15.4 Å². The number of rotatable bonds is 6. The third kappa shape index (κ3) is 4.43. The molecule has 1 aromatic heterocycles. The second-order valence-electron chi connectivity index (χ2n) is 6.07. The molecule has 2 N–H and O–H groups in total. The van der Waals surface area contributed by atoms with Crippen LogP contribution in [0.2, 0.25) is 0 Å². The summed E-state index contributed by atoms with van der Waals surface area (Å²) in [6.07, 6.45) is 3.53. The zero-order valence-electron chi connectivity index (χ0n) is 14.7. The molecule has 0 radical (unpaired) electrons. The van der Waals surface area contributed by atoms with Crippen LogP contribution in [0.15, 0.2) is 41.5 Å². The predicted octanol–water partition coefficient (Wildman–Crippen LogP) is 2.82. The summed E-state index contributed by atoms with van der Waals surface area (Å²) in [7, 11) is 5.78. The largest absolute Gasteiger partial charge is 0.497 e. The van der Waals surface area contributed by atoms with Gasteiger partial charge in [-0.3, -0.25) is 9.30 Å². The van der Waals surface area contributed by atoms with Crippen LogP contribution in [0.25, 0.3) is 0 Å². The van der Waals surface area contributed by atoms with Crippen molar-refractivity contribution in [2.24, 2.45) is 4.99 Å². The first-order chi connectivity index (χ1) is 12.0. The van der Waals surface area contributed by atoms with E-state index < -0.39 is 0 Å². The summed E-state index contributed by atoms with van der Waals surface area (Å²) in [5.74, 6) is 1.74. The standard InChI is InChI=1S/C18H23N5OS/c1-22(2)25-16-11-23(12-16)18-8-17(19)13(10-21-18)9-20-14-4-6-15(24-3)7-5-14/h4-10,16H,11-12H2,1-3H3,(H2,19,21). The van der Waals surface area contributed by atoms with Gasteiger partial charge in [0.15, 0.2) is 0 Å². The zero-order chi connectivity index (χ0) is 17.8. The van der Waals surface area contributed by atoms with Crippen molar-refractivity contribution in [3.63, 3.8) is 0 Å². The summed E-state index contributed by atoms with van der Waals surface area (Å²) in [6.45, 7) is 1.99. The Morgan fingerprint density at radius 1 is 1.32 bits per heavy atom. The fourth-order valence-corrected chi connectivity index (χ4v) is 3.64. The maximum absolute atomic E-state index is 6.17. The maximum atomic E-state index is 6.17. The molecule has 1 aliphatic heterocycles. The molecule has 0 atom stereocenters. The summed E-state index contributed by atoms with van der Waals surface area (Å²) in [5, 5.41) is 0.620. The summed E-state index contributed by atoms with van der Waals surface area (Å²) in [6, 6.07) is 9.48. The highest BCUT2D eigenvalue weighted by atomic mass is 32.2. The van der Waals surface area contributed by atoms with Crippen LogP contribution in [-0.4, -0.2) is 55.0 Å². The van der Waals surface area contributed by atoms with Crippen molar-refractivity contribution >= 4 is 35.4 Å². The monoisotopic (exact) mass is 357 g/mol. The van der Waals surface area contributed by atoms with E-state index in [-0.39, 0.29) is 0 Å². The lowest BCUT2D eigenvalue weighted by molar-refractivity contribution is 0.415. The van der Waals surface area contributed by atoms with Crippen molar-refractivity contribution in [2.75, 3.05) is 44.9 Å². The highest BCUT2D eigenvalue weighted by Crippen LogP contribution is 2.29. The van der Waals surface area contributed by atoms with Gasteiger partial charge in [0.25, 0.3) is 0 Å².